The van der Waals surface area contributed by atoms with Gasteiger partial charge in [-0.3, -0.25) is 14.6 Å². The summed E-state index contributed by atoms with van der Waals surface area (Å²) in [6, 6.07) is 20.9. The first-order valence-electron chi connectivity index (χ1n) is 13.9. The average Bonchev–Trinajstić information content (AvgIpc) is 2.92. The first-order chi connectivity index (χ1) is 18.3. The Morgan fingerprint density at radius 2 is 1.66 bits per heavy atom. The van der Waals surface area contributed by atoms with E-state index in [2.05, 4.69) is 47.0 Å². The molecular formula is C32H38N4O2. The highest BCUT2D eigenvalue weighted by atomic mass is 16.2. The number of nitrogens with zero attached hydrogens (tertiary/aromatic N) is 1. The van der Waals surface area contributed by atoms with Gasteiger partial charge in [-0.05, 0) is 68.1 Å². The maximum absolute atomic E-state index is 13.2. The van der Waals surface area contributed by atoms with Gasteiger partial charge in [0.2, 0.25) is 11.8 Å². The SMILES string of the molecule is CC(=O)N[C@H]1CC[C@H](C(C)C(=O)Nc2cnc(-c3ccc(C4(N)CCC4)cc3)c(-c3ccccc3)c2)CC1. The molecule has 2 aliphatic carbocycles. The van der Waals surface area contributed by atoms with E-state index in [-0.39, 0.29) is 29.3 Å². The van der Waals surface area contributed by atoms with E-state index in [9.17, 15) is 9.59 Å². The van der Waals surface area contributed by atoms with Crippen molar-refractivity contribution < 1.29 is 9.59 Å². The molecule has 1 aromatic heterocycles. The van der Waals surface area contributed by atoms with Gasteiger partial charge in [-0.25, -0.2) is 0 Å². The minimum Gasteiger partial charge on any atom is -0.354 e. The average molecular weight is 511 g/mol. The van der Waals surface area contributed by atoms with Crippen LogP contribution in [0.2, 0.25) is 0 Å². The number of carbonyl (C=O) groups is 2. The van der Waals surface area contributed by atoms with Crippen LogP contribution in [0.25, 0.3) is 22.4 Å². The highest BCUT2D eigenvalue weighted by Gasteiger charge is 2.34. The van der Waals surface area contributed by atoms with Crippen molar-refractivity contribution in [1.29, 1.82) is 0 Å². The quantitative estimate of drug-likeness (QED) is 0.362. The molecule has 198 valence electrons. The fourth-order valence-corrected chi connectivity index (χ4v) is 5.93. The fraction of sp³-hybridized carbons (Fsp3) is 0.406. The van der Waals surface area contributed by atoms with Crippen LogP contribution in [0, 0.1) is 11.8 Å². The Labute approximate surface area is 225 Å². The second-order valence-electron chi connectivity index (χ2n) is 11.2. The monoisotopic (exact) mass is 510 g/mol. The van der Waals surface area contributed by atoms with Crippen molar-refractivity contribution in [2.75, 3.05) is 5.32 Å². The van der Waals surface area contributed by atoms with E-state index in [4.69, 9.17) is 10.7 Å². The highest BCUT2D eigenvalue weighted by molar-refractivity contribution is 5.94. The Morgan fingerprint density at radius 1 is 0.974 bits per heavy atom. The Balaban J connectivity index is 1.34. The summed E-state index contributed by atoms with van der Waals surface area (Å²) in [5.41, 5.74) is 12.1. The number of rotatable bonds is 7. The largest absolute Gasteiger partial charge is 0.354 e. The smallest absolute Gasteiger partial charge is 0.227 e. The van der Waals surface area contributed by atoms with Gasteiger partial charge >= 0.3 is 0 Å². The van der Waals surface area contributed by atoms with E-state index in [1.165, 1.54) is 12.0 Å². The molecule has 5 rings (SSSR count). The molecule has 6 nitrogen and oxygen atoms in total. The maximum Gasteiger partial charge on any atom is 0.227 e. The lowest BCUT2D eigenvalue weighted by Crippen LogP contribution is -2.43. The molecule has 1 heterocycles. The van der Waals surface area contributed by atoms with Crippen molar-refractivity contribution in [3.05, 3.63) is 72.4 Å². The molecule has 2 fully saturated rings. The molecule has 38 heavy (non-hydrogen) atoms. The van der Waals surface area contributed by atoms with Gasteiger partial charge in [-0.1, -0.05) is 61.5 Å². The van der Waals surface area contributed by atoms with Crippen molar-refractivity contribution in [3.8, 4) is 22.4 Å². The highest BCUT2D eigenvalue weighted by Crippen LogP contribution is 2.40. The fourth-order valence-electron chi connectivity index (χ4n) is 5.93. The van der Waals surface area contributed by atoms with Crippen LogP contribution in [0.15, 0.2) is 66.9 Å². The molecule has 0 spiro atoms. The van der Waals surface area contributed by atoms with Crippen molar-refractivity contribution >= 4 is 17.5 Å². The zero-order valence-corrected chi connectivity index (χ0v) is 22.4. The zero-order chi connectivity index (χ0) is 26.7. The van der Waals surface area contributed by atoms with Gasteiger partial charge in [0.25, 0.3) is 0 Å². The molecule has 0 radical (unpaired) electrons. The van der Waals surface area contributed by atoms with E-state index in [1.54, 1.807) is 13.1 Å². The molecule has 0 saturated heterocycles. The van der Waals surface area contributed by atoms with Crippen molar-refractivity contribution in [2.45, 2.75) is 70.4 Å². The van der Waals surface area contributed by atoms with Gasteiger partial charge in [-0.15, -0.1) is 0 Å². The lowest BCUT2D eigenvalue weighted by Gasteiger charge is -2.38. The minimum absolute atomic E-state index is 0.0135. The number of aromatic nitrogens is 1. The number of hydrogen-bond donors (Lipinski definition) is 3. The predicted molar refractivity (Wildman–Crippen MR) is 152 cm³/mol. The van der Waals surface area contributed by atoms with Crippen LogP contribution in [0.3, 0.4) is 0 Å². The number of hydrogen-bond acceptors (Lipinski definition) is 4. The summed E-state index contributed by atoms with van der Waals surface area (Å²) >= 11 is 0. The summed E-state index contributed by atoms with van der Waals surface area (Å²) in [6.45, 7) is 3.57. The lowest BCUT2D eigenvalue weighted by atomic mass is 9.72. The van der Waals surface area contributed by atoms with Crippen LogP contribution in [-0.2, 0) is 15.1 Å². The predicted octanol–water partition coefficient (Wildman–Crippen LogP) is 6.02. The molecule has 0 aliphatic heterocycles. The topological polar surface area (TPSA) is 97.1 Å². The van der Waals surface area contributed by atoms with Crippen molar-refractivity contribution in [1.82, 2.24) is 10.3 Å². The van der Waals surface area contributed by atoms with E-state index in [1.807, 2.05) is 31.2 Å². The van der Waals surface area contributed by atoms with Crippen molar-refractivity contribution in [3.63, 3.8) is 0 Å². The second-order valence-corrected chi connectivity index (χ2v) is 11.2. The Kier molecular flexibility index (Phi) is 7.61. The molecule has 3 aromatic rings. The van der Waals surface area contributed by atoms with Crippen LogP contribution >= 0.6 is 0 Å². The summed E-state index contributed by atoms with van der Waals surface area (Å²) < 4.78 is 0. The first-order valence-corrected chi connectivity index (χ1v) is 13.9. The molecule has 2 amide bonds. The summed E-state index contributed by atoms with van der Waals surface area (Å²) in [7, 11) is 0. The number of amides is 2. The maximum atomic E-state index is 13.2. The van der Waals surface area contributed by atoms with Gasteiger partial charge in [0.1, 0.15) is 0 Å². The number of benzene rings is 2. The van der Waals surface area contributed by atoms with E-state index < -0.39 is 0 Å². The molecule has 6 heteroatoms. The number of pyridine rings is 1. The summed E-state index contributed by atoms with van der Waals surface area (Å²) in [4.78, 5) is 29.4. The van der Waals surface area contributed by atoms with Crippen LogP contribution in [0.5, 0.6) is 0 Å². The molecular weight excluding hydrogens is 472 g/mol. The zero-order valence-electron chi connectivity index (χ0n) is 22.4. The van der Waals surface area contributed by atoms with Gasteiger partial charge in [0, 0.05) is 35.5 Å². The van der Waals surface area contributed by atoms with Crippen LogP contribution in [-0.4, -0.2) is 22.8 Å². The number of nitrogens with one attached hydrogen (secondary N) is 2. The molecule has 4 N–H and O–H groups in total. The summed E-state index contributed by atoms with van der Waals surface area (Å²) in [6.07, 6.45) is 8.71. The first kappa shape index (κ1) is 26.1. The molecule has 1 atom stereocenters. The Morgan fingerprint density at radius 3 is 2.26 bits per heavy atom. The van der Waals surface area contributed by atoms with Gasteiger partial charge in [0.15, 0.2) is 0 Å². The Bertz CT molecular complexity index is 1280. The number of nitrogens with two attached hydrogens (primary N) is 1. The third kappa shape index (κ3) is 5.65. The normalized spacial score (nSPS) is 21.1. The second kappa shape index (κ2) is 11.1. The molecule has 1 unspecified atom stereocenters. The third-order valence-corrected chi connectivity index (χ3v) is 8.52. The summed E-state index contributed by atoms with van der Waals surface area (Å²) in [5.74, 6) is 0.221. The minimum atomic E-state index is -0.192. The molecule has 2 aliphatic rings. The Hall–Kier alpha value is -3.51. The van der Waals surface area contributed by atoms with E-state index in [0.29, 0.717) is 11.6 Å². The number of carbonyl (C=O) groups excluding carboxylic acids is 2. The lowest BCUT2D eigenvalue weighted by molar-refractivity contribution is -0.122. The standard InChI is InChI=1S/C32H38N4O2/c1-21(23-11-15-27(16-12-23)35-22(2)37)31(38)36-28-19-29(24-7-4-3-5-8-24)30(34-20-28)25-9-13-26(14-10-25)32(33)17-6-18-32/h3-5,7-10,13-14,19-21,23,27H,6,11-12,15-18,33H2,1-2H3,(H,35,37)(H,36,38)/t21?,23-,27-. The summed E-state index contributed by atoms with van der Waals surface area (Å²) in [5, 5.41) is 6.14. The van der Waals surface area contributed by atoms with Crippen LogP contribution < -0.4 is 16.4 Å². The van der Waals surface area contributed by atoms with Gasteiger partial charge < -0.3 is 16.4 Å². The van der Waals surface area contributed by atoms with Crippen molar-refractivity contribution in [2.24, 2.45) is 17.6 Å². The number of anilines is 1. The van der Waals surface area contributed by atoms with Gasteiger partial charge in [0.05, 0.1) is 17.6 Å². The van der Waals surface area contributed by atoms with Crippen LogP contribution in [0.4, 0.5) is 5.69 Å². The molecule has 2 aromatic carbocycles. The van der Waals surface area contributed by atoms with E-state index in [0.717, 1.165) is 60.9 Å². The third-order valence-electron chi connectivity index (χ3n) is 8.52. The molecule has 0 bridgehead atoms. The molecule has 2 saturated carbocycles. The van der Waals surface area contributed by atoms with E-state index >= 15 is 0 Å². The van der Waals surface area contributed by atoms with Crippen LogP contribution in [0.1, 0.15) is 64.4 Å². The van der Waals surface area contributed by atoms with Gasteiger partial charge in [-0.2, -0.15) is 0 Å².